The number of alkyl halides is 9. The highest BCUT2D eigenvalue weighted by Gasteiger charge is 2.83. The number of nitrogens with zero attached hydrogens (tertiary/aromatic N) is 2. The monoisotopic (exact) mass is 536 g/mol. The molecule has 0 aromatic carbocycles. The predicted molar refractivity (Wildman–Crippen MR) is 95.9 cm³/mol. The normalized spacial score (nSPS) is 13.2. The lowest BCUT2D eigenvalue weighted by Gasteiger charge is -2.34. The molecule has 198 valence electrons. The van der Waals surface area contributed by atoms with E-state index in [4.69, 9.17) is 4.74 Å². The fraction of sp³-hybridized carbons (Fsp3) is 0.647. The molecule has 0 unspecified atom stereocenters. The molecular weight excluding hydrogens is 515 g/mol. The molecule has 0 radical (unpaired) electrons. The van der Waals surface area contributed by atoms with Crippen LogP contribution in [0.5, 0.6) is 0 Å². The summed E-state index contributed by atoms with van der Waals surface area (Å²) >= 11 is 0. The number of esters is 1. The second kappa shape index (κ2) is 11.4. The highest BCUT2D eigenvalue weighted by atomic mass is 32.2. The minimum Gasteiger partial charge on any atom is -0.743 e. The summed E-state index contributed by atoms with van der Waals surface area (Å²) in [5.74, 6) is -15.1. The summed E-state index contributed by atoms with van der Waals surface area (Å²) in [6.07, 6.45) is 1.27. The predicted octanol–water partition coefficient (Wildman–Crippen LogP) is 3.65. The van der Waals surface area contributed by atoms with Gasteiger partial charge in [0.1, 0.15) is 25.5 Å². The average Bonchev–Trinajstić information content (AvgIpc) is 3.12. The summed E-state index contributed by atoms with van der Waals surface area (Å²) in [5, 5.41) is -7.11. The number of hydrogen-bond donors (Lipinski definition) is 0. The van der Waals surface area contributed by atoms with Gasteiger partial charge in [0, 0.05) is 5.57 Å². The van der Waals surface area contributed by atoms with Crippen molar-refractivity contribution >= 4 is 16.1 Å². The summed E-state index contributed by atoms with van der Waals surface area (Å²) in [6.45, 7) is 9.46. The van der Waals surface area contributed by atoms with Crippen molar-refractivity contribution in [2.45, 2.75) is 63.1 Å². The lowest BCUT2D eigenvalue weighted by Crippen LogP contribution is -2.63. The summed E-state index contributed by atoms with van der Waals surface area (Å²) in [7, 11) is -7.42. The summed E-state index contributed by atoms with van der Waals surface area (Å²) in [5.41, 5.74) is 0.440. The van der Waals surface area contributed by atoms with Gasteiger partial charge in [-0.05, 0) is 13.3 Å². The molecule has 0 bridgehead atoms. The van der Waals surface area contributed by atoms with Crippen LogP contribution in [0.2, 0.25) is 0 Å². The molecule has 0 fully saturated rings. The van der Waals surface area contributed by atoms with Gasteiger partial charge in [-0.15, -0.1) is 0 Å². The van der Waals surface area contributed by atoms with Gasteiger partial charge in [-0.3, -0.25) is 0 Å². The van der Waals surface area contributed by atoms with Crippen molar-refractivity contribution in [1.29, 1.82) is 0 Å². The van der Waals surface area contributed by atoms with Crippen LogP contribution in [0.25, 0.3) is 0 Å². The highest BCUT2D eigenvalue weighted by molar-refractivity contribution is 7.86. The Hall–Kier alpha value is -2.30. The third kappa shape index (κ3) is 7.61. The fourth-order valence-electron chi connectivity index (χ4n) is 1.93. The standard InChI is InChI=1S/C13H21N2O2.C4HF9O3S/c1-4-5-6-14-7-8-15(11-14)9-10-17-13(16)12(2)3;5-1(6,3(9,10)11)2(7,8)4(12,13)17(14,15)16/h7-8,11H,2,4-6,9-10H2,1,3H3;(H,14,15,16)/q+1;/p-1. The number of hydrogen-bond acceptors (Lipinski definition) is 5. The molecule has 1 heterocycles. The Balaban J connectivity index is 0.000000641. The largest absolute Gasteiger partial charge is 0.743 e. The molecule has 17 heteroatoms. The van der Waals surface area contributed by atoms with Crippen LogP contribution in [0.4, 0.5) is 39.5 Å². The Bertz CT molecular complexity index is 943. The second-order valence-electron chi connectivity index (χ2n) is 6.78. The van der Waals surface area contributed by atoms with E-state index in [0.717, 1.165) is 6.54 Å². The number of aromatic nitrogens is 2. The highest BCUT2D eigenvalue weighted by Crippen LogP contribution is 2.54. The molecule has 0 aliphatic carbocycles. The third-order valence-corrected chi connectivity index (χ3v) is 4.76. The topological polar surface area (TPSA) is 92.3 Å². The van der Waals surface area contributed by atoms with E-state index in [1.54, 1.807) is 6.92 Å². The second-order valence-corrected chi connectivity index (χ2v) is 8.20. The van der Waals surface area contributed by atoms with Crippen LogP contribution < -0.4 is 4.57 Å². The van der Waals surface area contributed by atoms with Crippen molar-refractivity contribution in [2.75, 3.05) is 6.61 Å². The number of halogens is 9. The maximum Gasteiger partial charge on any atom is 0.460 e. The zero-order valence-corrected chi connectivity index (χ0v) is 18.5. The van der Waals surface area contributed by atoms with Crippen molar-refractivity contribution in [2.24, 2.45) is 0 Å². The van der Waals surface area contributed by atoms with Gasteiger partial charge in [-0.1, -0.05) is 19.9 Å². The van der Waals surface area contributed by atoms with E-state index in [1.165, 1.54) is 12.8 Å². The van der Waals surface area contributed by atoms with Crippen LogP contribution >= 0.6 is 0 Å². The SMILES string of the molecule is C=C(C)C(=O)OCCn1cc[n+](CCCC)c1.O=S(=O)([O-])C(F)(F)C(F)(F)C(F)(F)C(F)(F)F. The van der Waals surface area contributed by atoms with Crippen LogP contribution in [-0.4, -0.2) is 53.4 Å². The number of carbonyl (C=O) groups is 1. The van der Waals surface area contributed by atoms with Crippen molar-refractivity contribution in [3.8, 4) is 0 Å². The maximum atomic E-state index is 12.2. The number of aryl methyl sites for hydroxylation is 1. The lowest BCUT2D eigenvalue weighted by atomic mass is 10.1. The van der Waals surface area contributed by atoms with Crippen molar-refractivity contribution in [1.82, 2.24) is 4.57 Å². The molecule has 0 amide bonds. The first-order valence-electron chi connectivity index (χ1n) is 9.16. The van der Waals surface area contributed by atoms with Gasteiger partial charge in [0.05, 0.1) is 6.54 Å². The van der Waals surface area contributed by atoms with E-state index in [9.17, 15) is 57.3 Å². The molecule has 1 aromatic heterocycles. The molecule has 0 spiro atoms. The molecule has 0 atom stereocenters. The molecule has 0 saturated carbocycles. The van der Waals surface area contributed by atoms with Gasteiger partial charge in [-0.25, -0.2) is 22.3 Å². The van der Waals surface area contributed by atoms with Crippen LogP contribution in [0.1, 0.15) is 26.7 Å². The van der Waals surface area contributed by atoms with Gasteiger partial charge in [-0.2, -0.15) is 39.5 Å². The molecule has 7 nitrogen and oxygen atoms in total. The first kappa shape index (κ1) is 31.7. The van der Waals surface area contributed by atoms with Crippen LogP contribution in [0.15, 0.2) is 30.9 Å². The van der Waals surface area contributed by atoms with E-state index < -0.39 is 33.4 Å². The Morgan fingerprint density at radius 2 is 1.62 bits per heavy atom. The Kier molecular flexibility index (Phi) is 10.6. The molecule has 0 saturated heterocycles. The van der Waals surface area contributed by atoms with E-state index in [-0.39, 0.29) is 5.97 Å². The molecular formula is C17H21F9N2O5S. The third-order valence-electron chi connectivity index (χ3n) is 3.88. The zero-order valence-electron chi connectivity index (χ0n) is 17.7. The van der Waals surface area contributed by atoms with Gasteiger partial charge in [0.2, 0.25) is 6.33 Å². The van der Waals surface area contributed by atoms with E-state index >= 15 is 0 Å². The minimum absolute atomic E-state index is 0.323. The van der Waals surface area contributed by atoms with Crippen LogP contribution in [0, 0.1) is 0 Å². The molecule has 0 aliphatic heterocycles. The summed E-state index contributed by atoms with van der Waals surface area (Å²) in [6, 6.07) is 0. The first-order chi connectivity index (χ1) is 15.1. The quantitative estimate of drug-likeness (QED) is 0.150. The van der Waals surface area contributed by atoms with E-state index in [2.05, 4.69) is 18.1 Å². The number of ether oxygens (including phenoxy) is 1. The first-order valence-corrected chi connectivity index (χ1v) is 10.6. The van der Waals surface area contributed by atoms with E-state index in [1.807, 2.05) is 23.3 Å². The molecule has 1 aromatic rings. The zero-order chi connectivity index (χ0) is 27.2. The van der Waals surface area contributed by atoms with Crippen LogP contribution in [0.3, 0.4) is 0 Å². The fourth-order valence-corrected chi connectivity index (χ4v) is 2.37. The number of imidazole rings is 1. The van der Waals surface area contributed by atoms with Crippen LogP contribution in [-0.2, 0) is 32.7 Å². The van der Waals surface area contributed by atoms with E-state index in [0.29, 0.717) is 18.7 Å². The number of unbranched alkanes of at least 4 members (excludes halogenated alkanes) is 1. The number of rotatable bonds is 10. The van der Waals surface area contributed by atoms with Crippen molar-refractivity contribution in [3.63, 3.8) is 0 Å². The average molecular weight is 536 g/mol. The molecule has 0 N–H and O–H groups in total. The smallest absolute Gasteiger partial charge is 0.460 e. The Labute approximate surface area is 188 Å². The minimum atomic E-state index is -7.43. The maximum absolute atomic E-state index is 12.2. The molecule has 34 heavy (non-hydrogen) atoms. The summed E-state index contributed by atoms with van der Waals surface area (Å²) < 4.78 is 145. The molecule has 0 aliphatic rings. The van der Waals surface area contributed by atoms with Gasteiger partial charge < -0.3 is 9.29 Å². The van der Waals surface area contributed by atoms with Gasteiger partial charge >= 0.3 is 29.2 Å². The van der Waals surface area contributed by atoms with Gasteiger partial charge in [0.25, 0.3) is 0 Å². The van der Waals surface area contributed by atoms with Crippen molar-refractivity contribution in [3.05, 3.63) is 30.9 Å². The lowest BCUT2D eigenvalue weighted by molar-refractivity contribution is -0.696. The molecule has 1 rings (SSSR count). The Morgan fingerprint density at radius 1 is 1.09 bits per heavy atom. The summed E-state index contributed by atoms with van der Waals surface area (Å²) in [4.78, 5) is 11.1. The number of carbonyl (C=O) groups excluding carboxylic acids is 1. The Morgan fingerprint density at radius 3 is 2.03 bits per heavy atom. The van der Waals surface area contributed by atoms with Gasteiger partial charge in [0.15, 0.2) is 10.1 Å². The van der Waals surface area contributed by atoms with Crippen molar-refractivity contribution < 1.29 is 66.6 Å².